The molecule has 0 spiro atoms. The number of amides is 1. The van der Waals surface area contributed by atoms with Gasteiger partial charge in [-0.25, -0.2) is 0 Å². The van der Waals surface area contributed by atoms with Gasteiger partial charge in [0.05, 0.1) is 4.92 Å². The van der Waals surface area contributed by atoms with Crippen LogP contribution in [0.15, 0.2) is 55.1 Å². The lowest BCUT2D eigenvalue weighted by atomic mass is 10.1. The van der Waals surface area contributed by atoms with E-state index in [1.54, 1.807) is 43.3 Å². The molecular weight excluding hydrogens is 296 g/mol. The van der Waals surface area contributed by atoms with Crippen LogP contribution in [0, 0.1) is 17.0 Å². The molecule has 0 aromatic heterocycles. The van der Waals surface area contributed by atoms with E-state index < -0.39 is 10.8 Å². The lowest BCUT2D eigenvalue weighted by Gasteiger charge is -2.09. The van der Waals surface area contributed by atoms with Gasteiger partial charge >= 0.3 is 0 Å². The minimum atomic E-state index is -0.504. The summed E-state index contributed by atoms with van der Waals surface area (Å²) < 4.78 is 5.40. The summed E-state index contributed by atoms with van der Waals surface area (Å²) in [5, 5.41) is 13.7. The zero-order valence-electron chi connectivity index (χ0n) is 12.6. The van der Waals surface area contributed by atoms with E-state index in [-0.39, 0.29) is 11.3 Å². The second-order valence-electron chi connectivity index (χ2n) is 4.79. The van der Waals surface area contributed by atoms with Crippen molar-refractivity contribution >= 4 is 17.3 Å². The van der Waals surface area contributed by atoms with E-state index >= 15 is 0 Å². The van der Waals surface area contributed by atoms with Crippen LogP contribution in [0.1, 0.15) is 15.9 Å². The van der Waals surface area contributed by atoms with E-state index in [0.29, 0.717) is 23.6 Å². The van der Waals surface area contributed by atoms with Gasteiger partial charge in [-0.2, -0.15) is 0 Å². The van der Waals surface area contributed by atoms with E-state index in [0.717, 1.165) is 0 Å². The minimum Gasteiger partial charge on any atom is -0.489 e. The second kappa shape index (κ2) is 7.22. The van der Waals surface area contributed by atoms with Gasteiger partial charge in [0.1, 0.15) is 12.4 Å². The smallest absolute Gasteiger partial charge is 0.273 e. The van der Waals surface area contributed by atoms with Crippen LogP contribution in [-0.4, -0.2) is 17.4 Å². The summed E-state index contributed by atoms with van der Waals surface area (Å²) in [6, 6.07) is 11.3. The number of nitro benzene ring substituents is 1. The van der Waals surface area contributed by atoms with Gasteiger partial charge < -0.3 is 10.1 Å². The molecule has 1 N–H and O–H groups in total. The fraction of sp³-hybridized carbons (Fsp3) is 0.118. The number of nitrogens with one attached hydrogen (secondary N) is 1. The molecule has 0 unspecified atom stereocenters. The van der Waals surface area contributed by atoms with E-state index in [1.165, 1.54) is 12.1 Å². The fourth-order valence-electron chi connectivity index (χ4n) is 2.08. The largest absolute Gasteiger partial charge is 0.489 e. The maximum atomic E-state index is 12.3. The molecule has 0 bridgehead atoms. The highest BCUT2D eigenvalue weighted by molar-refractivity contribution is 6.05. The van der Waals surface area contributed by atoms with Gasteiger partial charge in [0.25, 0.3) is 11.6 Å². The molecule has 0 fully saturated rings. The summed E-state index contributed by atoms with van der Waals surface area (Å²) in [6.45, 7) is 5.48. The molecule has 23 heavy (non-hydrogen) atoms. The van der Waals surface area contributed by atoms with Crippen molar-refractivity contribution in [3.8, 4) is 5.75 Å². The van der Waals surface area contributed by atoms with Crippen molar-refractivity contribution in [3.63, 3.8) is 0 Å². The number of ether oxygens (including phenoxy) is 1. The predicted octanol–water partition coefficient (Wildman–Crippen LogP) is 3.72. The Hall–Kier alpha value is -3.15. The van der Waals surface area contributed by atoms with Crippen LogP contribution in [0.4, 0.5) is 11.4 Å². The molecular formula is C17H16N2O4. The Labute approximate surface area is 133 Å². The highest BCUT2D eigenvalue weighted by atomic mass is 16.6. The van der Waals surface area contributed by atoms with Gasteiger partial charge in [0.15, 0.2) is 0 Å². The van der Waals surface area contributed by atoms with E-state index in [4.69, 9.17) is 4.74 Å². The molecule has 2 aromatic carbocycles. The Morgan fingerprint density at radius 2 is 2.09 bits per heavy atom. The predicted molar refractivity (Wildman–Crippen MR) is 87.9 cm³/mol. The average molecular weight is 312 g/mol. The van der Waals surface area contributed by atoms with E-state index in [2.05, 4.69) is 11.9 Å². The van der Waals surface area contributed by atoms with Gasteiger partial charge in [0, 0.05) is 28.9 Å². The quantitative estimate of drug-likeness (QED) is 0.500. The van der Waals surface area contributed by atoms with Crippen LogP contribution in [0.2, 0.25) is 0 Å². The normalized spacial score (nSPS) is 9.96. The van der Waals surface area contributed by atoms with Crippen LogP contribution in [0.5, 0.6) is 5.75 Å². The topological polar surface area (TPSA) is 81.5 Å². The first-order chi connectivity index (χ1) is 11.0. The van der Waals surface area contributed by atoms with Crippen molar-refractivity contribution in [2.24, 2.45) is 0 Å². The standard InChI is InChI=1S/C17H16N2O4/c1-3-10-23-14-7-4-6-13(11-14)18-17(20)15-8-5-9-16(12(15)2)19(21)22/h3-9,11H,1,10H2,2H3,(H,18,20). The van der Waals surface area contributed by atoms with Gasteiger partial charge in [-0.3, -0.25) is 14.9 Å². The number of anilines is 1. The van der Waals surface area contributed by atoms with Gasteiger partial charge in [-0.15, -0.1) is 0 Å². The molecule has 0 saturated carbocycles. The van der Waals surface area contributed by atoms with Crippen LogP contribution in [-0.2, 0) is 0 Å². The summed E-state index contributed by atoms with van der Waals surface area (Å²) in [5.74, 6) is 0.186. The van der Waals surface area contributed by atoms with E-state index in [9.17, 15) is 14.9 Å². The Kier molecular flexibility index (Phi) is 5.09. The van der Waals surface area contributed by atoms with E-state index in [1.807, 2.05) is 0 Å². The average Bonchev–Trinajstić information content (AvgIpc) is 2.53. The SMILES string of the molecule is C=CCOc1cccc(NC(=O)c2cccc([N+](=O)[O-])c2C)c1. The molecule has 0 saturated heterocycles. The number of carbonyl (C=O) groups is 1. The number of carbonyl (C=O) groups excluding carboxylic acids is 1. The summed E-state index contributed by atoms with van der Waals surface area (Å²) in [6.07, 6.45) is 1.62. The molecule has 0 aliphatic rings. The number of hydrogen-bond donors (Lipinski definition) is 1. The van der Waals surface area contributed by atoms with Gasteiger partial charge in [-0.1, -0.05) is 24.8 Å². The molecule has 118 valence electrons. The van der Waals surface area contributed by atoms with Crippen molar-refractivity contribution in [1.82, 2.24) is 0 Å². The summed E-state index contributed by atoms with van der Waals surface area (Å²) in [5.41, 5.74) is 1.05. The molecule has 6 heteroatoms. The molecule has 6 nitrogen and oxygen atoms in total. The zero-order valence-corrected chi connectivity index (χ0v) is 12.6. The molecule has 0 atom stereocenters. The van der Waals surface area contributed by atoms with Gasteiger partial charge in [0.2, 0.25) is 0 Å². The third kappa shape index (κ3) is 3.94. The van der Waals surface area contributed by atoms with Crippen LogP contribution in [0.25, 0.3) is 0 Å². The maximum absolute atomic E-state index is 12.3. The number of hydrogen-bond acceptors (Lipinski definition) is 4. The number of nitro groups is 1. The molecule has 2 aromatic rings. The minimum absolute atomic E-state index is 0.0827. The van der Waals surface area contributed by atoms with Crippen molar-refractivity contribution in [3.05, 3.63) is 76.4 Å². The zero-order chi connectivity index (χ0) is 16.8. The third-order valence-electron chi connectivity index (χ3n) is 3.21. The number of rotatable bonds is 6. The van der Waals surface area contributed by atoms with Crippen molar-refractivity contribution in [2.45, 2.75) is 6.92 Å². The van der Waals surface area contributed by atoms with Crippen LogP contribution in [0.3, 0.4) is 0 Å². The van der Waals surface area contributed by atoms with Crippen molar-refractivity contribution < 1.29 is 14.5 Å². The molecule has 1 amide bonds. The first kappa shape index (κ1) is 16.2. The third-order valence-corrected chi connectivity index (χ3v) is 3.21. The monoisotopic (exact) mass is 312 g/mol. The number of nitrogens with zero attached hydrogens (tertiary/aromatic N) is 1. The fourth-order valence-corrected chi connectivity index (χ4v) is 2.08. The Morgan fingerprint density at radius 3 is 2.78 bits per heavy atom. The van der Waals surface area contributed by atoms with Gasteiger partial charge in [-0.05, 0) is 25.1 Å². The molecule has 0 aliphatic carbocycles. The first-order valence-electron chi connectivity index (χ1n) is 6.92. The number of benzene rings is 2. The van der Waals surface area contributed by atoms with Crippen molar-refractivity contribution in [1.29, 1.82) is 0 Å². The van der Waals surface area contributed by atoms with Crippen LogP contribution >= 0.6 is 0 Å². The lowest BCUT2D eigenvalue weighted by molar-refractivity contribution is -0.385. The Balaban J connectivity index is 2.21. The molecule has 2 rings (SSSR count). The first-order valence-corrected chi connectivity index (χ1v) is 6.92. The second-order valence-corrected chi connectivity index (χ2v) is 4.79. The summed E-state index contributed by atoms with van der Waals surface area (Å²) >= 11 is 0. The maximum Gasteiger partial charge on any atom is 0.273 e. The molecule has 0 aliphatic heterocycles. The lowest BCUT2D eigenvalue weighted by Crippen LogP contribution is -2.14. The Morgan fingerprint density at radius 1 is 1.35 bits per heavy atom. The summed E-state index contributed by atoms with van der Waals surface area (Å²) in [7, 11) is 0. The van der Waals surface area contributed by atoms with Crippen LogP contribution < -0.4 is 10.1 Å². The highest BCUT2D eigenvalue weighted by Crippen LogP contribution is 2.23. The molecule has 0 heterocycles. The Bertz CT molecular complexity index is 756. The summed E-state index contributed by atoms with van der Waals surface area (Å²) in [4.78, 5) is 22.8. The van der Waals surface area contributed by atoms with Crippen molar-refractivity contribution in [2.75, 3.05) is 11.9 Å². The highest BCUT2D eigenvalue weighted by Gasteiger charge is 2.18. The molecule has 0 radical (unpaired) electrons.